The van der Waals surface area contributed by atoms with E-state index in [9.17, 15) is 14.4 Å². The number of carboxylic acids is 1. The van der Waals surface area contributed by atoms with E-state index in [1.54, 1.807) is 0 Å². The van der Waals surface area contributed by atoms with Crippen LogP contribution in [0, 0.1) is 0 Å². The summed E-state index contributed by atoms with van der Waals surface area (Å²) < 4.78 is 0. The molecular weight excluding hydrogens is 208 g/mol. The van der Waals surface area contributed by atoms with Crippen LogP contribution in [0.15, 0.2) is 12.2 Å². The summed E-state index contributed by atoms with van der Waals surface area (Å²) in [7, 11) is 0. The highest BCUT2D eigenvalue weighted by molar-refractivity contribution is 5.90. The number of hydrogen-bond acceptors (Lipinski definition) is 6. The molecule has 0 fully saturated rings. The highest BCUT2D eigenvalue weighted by Gasteiger charge is 2.19. The summed E-state index contributed by atoms with van der Waals surface area (Å²) in [6, 6.07) is 0. The molecule has 0 saturated heterocycles. The van der Waals surface area contributed by atoms with Gasteiger partial charge in [-0.25, -0.2) is 9.59 Å². The zero-order chi connectivity index (χ0) is 11.9. The molecule has 0 unspecified atom stereocenters. The van der Waals surface area contributed by atoms with Gasteiger partial charge in [-0.2, -0.15) is 4.89 Å². The molecule has 0 spiro atoms. The van der Waals surface area contributed by atoms with Gasteiger partial charge in [0.15, 0.2) is 11.9 Å². The van der Waals surface area contributed by atoms with Gasteiger partial charge in [-0.05, 0) is 18.9 Å². The lowest BCUT2D eigenvalue weighted by molar-refractivity contribution is -0.507. The Labute approximate surface area is 85.1 Å². The third-order valence-electron chi connectivity index (χ3n) is 1.01. The predicted molar refractivity (Wildman–Crippen MR) is 45.2 cm³/mol. The van der Waals surface area contributed by atoms with Crippen molar-refractivity contribution in [2.75, 3.05) is 0 Å². The molecule has 1 N–H and O–H groups in total. The molecule has 0 rings (SSSR count). The Bertz CT molecular complexity index is 279. The van der Waals surface area contributed by atoms with Crippen LogP contribution in [0.25, 0.3) is 0 Å². The second-order valence-electron chi connectivity index (χ2n) is 2.95. The second-order valence-corrected chi connectivity index (χ2v) is 2.95. The van der Waals surface area contributed by atoms with Gasteiger partial charge in [-0.3, -0.25) is 4.89 Å². The maximum Gasteiger partial charge on any atom is 0.369 e. The second kappa shape index (κ2) is 5.89. The Morgan fingerprint density at radius 1 is 1.27 bits per heavy atom. The number of carbonyl (C=O) groups is 3. The van der Waals surface area contributed by atoms with Crippen molar-refractivity contribution in [3.63, 3.8) is 0 Å². The molecule has 7 heteroatoms. The van der Waals surface area contributed by atoms with Crippen LogP contribution in [-0.2, 0) is 29.2 Å². The van der Waals surface area contributed by atoms with E-state index < -0.39 is 17.5 Å². The van der Waals surface area contributed by atoms with Crippen molar-refractivity contribution < 1.29 is 34.3 Å². The fourth-order valence-electron chi connectivity index (χ4n) is 0.325. The van der Waals surface area contributed by atoms with Gasteiger partial charge in [0.25, 0.3) is 0 Å². The standard InChI is InChI=1S/C8H10O7/c1-8(2,5-9)14-15-13-7(12)4-3-6(10)11/h3-5H,1-2H3,(H,10,11). The minimum absolute atomic E-state index is 0.438. The first-order valence-electron chi connectivity index (χ1n) is 3.81. The molecule has 84 valence electrons. The maximum absolute atomic E-state index is 10.7. The number of carboxylic acid groups (broad SMARTS) is 1. The van der Waals surface area contributed by atoms with Gasteiger partial charge < -0.3 is 9.90 Å². The molecule has 0 aliphatic heterocycles. The van der Waals surface area contributed by atoms with Gasteiger partial charge >= 0.3 is 11.9 Å². The summed E-state index contributed by atoms with van der Waals surface area (Å²) in [6.07, 6.45) is 1.63. The summed E-state index contributed by atoms with van der Waals surface area (Å²) in [5.74, 6) is -2.37. The van der Waals surface area contributed by atoms with Gasteiger partial charge in [0.05, 0.1) is 0 Å². The van der Waals surface area contributed by atoms with Gasteiger partial charge in [0.1, 0.15) is 0 Å². The van der Waals surface area contributed by atoms with E-state index in [1.807, 2.05) is 0 Å². The molecule has 0 aliphatic rings. The molecule has 7 nitrogen and oxygen atoms in total. The zero-order valence-corrected chi connectivity index (χ0v) is 8.13. The summed E-state index contributed by atoms with van der Waals surface area (Å²) in [5.41, 5.74) is -1.25. The predicted octanol–water partition coefficient (Wildman–Crippen LogP) is 0.0111. The Morgan fingerprint density at radius 3 is 2.33 bits per heavy atom. The Morgan fingerprint density at radius 2 is 1.87 bits per heavy atom. The molecule has 0 heterocycles. The van der Waals surface area contributed by atoms with Crippen molar-refractivity contribution in [2.45, 2.75) is 19.4 Å². The molecule has 0 radical (unpaired) electrons. The zero-order valence-electron chi connectivity index (χ0n) is 8.13. The van der Waals surface area contributed by atoms with Crippen molar-refractivity contribution in [1.29, 1.82) is 0 Å². The average Bonchev–Trinajstić information content (AvgIpc) is 2.14. The van der Waals surface area contributed by atoms with Gasteiger partial charge in [-0.15, -0.1) is 0 Å². The van der Waals surface area contributed by atoms with Crippen molar-refractivity contribution in [2.24, 2.45) is 0 Å². The topological polar surface area (TPSA) is 99.1 Å². The molecule has 0 aromatic heterocycles. The first-order valence-corrected chi connectivity index (χ1v) is 3.81. The van der Waals surface area contributed by atoms with E-state index in [0.29, 0.717) is 18.4 Å². The van der Waals surface area contributed by atoms with E-state index in [4.69, 9.17) is 5.11 Å². The summed E-state index contributed by atoms with van der Waals surface area (Å²) >= 11 is 0. The lowest BCUT2D eigenvalue weighted by atomic mass is 10.2. The molecule has 0 atom stereocenters. The van der Waals surface area contributed by atoms with Gasteiger partial charge in [0, 0.05) is 12.2 Å². The van der Waals surface area contributed by atoms with Crippen molar-refractivity contribution in [3.8, 4) is 0 Å². The number of hydrogen-bond donors (Lipinski definition) is 1. The lowest BCUT2D eigenvalue weighted by Gasteiger charge is -2.13. The van der Waals surface area contributed by atoms with E-state index in [0.717, 1.165) is 0 Å². The van der Waals surface area contributed by atoms with Crippen LogP contribution in [0.4, 0.5) is 0 Å². The van der Waals surface area contributed by atoms with Gasteiger partial charge in [-0.1, -0.05) is 0 Å². The van der Waals surface area contributed by atoms with Crippen molar-refractivity contribution in [1.82, 2.24) is 0 Å². The van der Waals surface area contributed by atoms with Crippen molar-refractivity contribution in [3.05, 3.63) is 12.2 Å². The molecule has 0 aromatic rings. The molecule has 0 aromatic carbocycles. The molecule has 15 heavy (non-hydrogen) atoms. The van der Waals surface area contributed by atoms with E-state index in [-0.39, 0.29) is 0 Å². The first kappa shape index (κ1) is 13.3. The largest absolute Gasteiger partial charge is 0.478 e. The van der Waals surface area contributed by atoms with Crippen LogP contribution in [0.3, 0.4) is 0 Å². The minimum atomic E-state index is -1.30. The van der Waals surface area contributed by atoms with E-state index in [2.05, 4.69) is 14.8 Å². The fraction of sp³-hybridized carbons (Fsp3) is 0.375. The van der Waals surface area contributed by atoms with E-state index >= 15 is 0 Å². The lowest BCUT2D eigenvalue weighted by Crippen LogP contribution is -2.26. The molecule has 0 bridgehead atoms. The number of aliphatic carboxylic acids is 1. The van der Waals surface area contributed by atoms with Crippen LogP contribution in [0.5, 0.6) is 0 Å². The molecule has 0 aliphatic carbocycles. The highest BCUT2D eigenvalue weighted by atomic mass is 17.5. The smallest absolute Gasteiger partial charge is 0.369 e. The van der Waals surface area contributed by atoms with Crippen LogP contribution < -0.4 is 0 Å². The first-order chi connectivity index (χ1) is 6.87. The quantitative estimate of drug-likeness (QED) is 0.290. The minimum Gasteiger partial charge on any atom is -0.478 e. The SMILES string of the molecule is CC(C)(C=O)OOOC(=O)C=CC(=O)O. The Balaban J connectivity index is 3.83. The Kier molecular flexibility index (Phi) is 5.21. The summed E-state index contributed by atoms with van der Waals surface area (Å²) in [5, 5.41) is 12.1. The summed E-state index contributed by atoms with van der Waals surface area (Å²) in [6.45, 7) is 2.75. The number of rotatable bonds is 6. The summed E-state index contributed by atoms with van der Waals surface area (Å²) in [4.78, 5) is 39.2. The third-order valence-corrected chi connectivity index (χ3v) is 1.01. The fourth-order valence-corrected chi connectivity index (χ4v) is 0.325. The molecule has 0 amide bonds. The third kappa shape index (κ3) is 7.35. The normalized spacial score (nSPS) is 11.3. The van der Waals surface area contributed by atoms with Crippen LogP contribution in [0.2, 0.25) is 0 Å². The average molecular weight is 218 g/mol. The van der Waals surface area contributed by atoms with Gasteiger partial charge in [0.2, 0.25) is 0 Å². The number of aldehydes is 1. The Hall–Kier alpha value is -1.73. The molecule has 0 saturated carbocycles. The van der Waals surface area contributed by atoms with Crippen LogP contribution in [0.1, 0.15) is 13.8 Å². The van der Waals surface area contributed by atoms with Crippen LogP contribution >= 0.6 is 0 Å². The van der Waals surface area contributed by atoms with Crippen molar-refractivity contribution >= 4 is 18.2 Å². The van der Waals surface area contributed by atoms with E-state index in [1.165, 1.54) is 13.8 Å². The van der Waals surface area contributed by atoms with Crippen LogP contribution in [-0.4, -0.2) is 28.9 Å². The maximum atomic E-state index is 10.7. The number of carbonyl (C=O) groups excluding carboxylic acids is 2. The monoisotopic (exact) mass is 218 g/mol. The molecular formula is C8H10O7. The highest BCUT2D eigenvalue weighted by Crippen LogP contribution is 2.05.